The summed E-state index contributed by atoms with van der Waals surface area (Å²) in [4.78, 5) is 15.6. The van der Waals surface area contributed by atoms with Crippen molar-refractivity contribution in [3.05, 3.63) is 29.8 Å². The van der Waals surface area contributed by atoms with Crippen molar-refractivity contribution >= 4 is 15.7 Å². The average molecular weight is 409 g/mol. The number of hydrogen-bond donors (Lipinski definition) is 1. The van der Waals surface area contributed by atoms with Crippen molar-refractivity contribution in [2.24, 2.45) is 0 Å². The molecule has 1 aromatic rings. The van der Waals surface area contributed by atoms with Gasteiger partial charge in [0.15, 0.2) is 9.84 Å². The first-order valence-electron chi connectivity index (χ1n) is 10.3. The van der Waals surface area contributed by atoms with E-state index < -0.39 is 9.84 Å². The van der Waals surface area contributed by atoms with Gasteiger partial charge in [0.1, 0.15) is 0 Å². The Kier molecular flexibility index (Phi) is 6.98. The van der Waals surface area contributed by atoms with E-state index >= 15 is 0 Å². The summed E-state index contributed by atoms with van der Waals surface area (Å²) in [7, 11) is -3.26. The van der Waals surface area contributed by atoms with E-state index in [0.717, 1.165) is 32.2 Å². The number of carbonyl (C=O) groups is 1. The van der Waals surface area contributed by atoms with E-state index in [2.05, 4.69) is 39.9 Å². The predicted octanol–water partition coefficient (Wildman–Crippen LogP) is 4.03. The molecule has 1 aromatic carbocycles. The van der Waals surface area contributed by atoms with Gasteiger partial charge in [0.25, 0.3) is 5.91 Å². The summed E-state index contributed by atoms with van der Waals surface area (Å²) in [6.07, 6.45) is 3.77. The fourth-order valence-electron chi connectivity index (χ4n) is 4.40. The molecule has 0 aliphatic carbocycles. The number of nitrogens with zero attached hydrogens (tertiary/aromatic N) is 1. The molecule has 0 unspecified atom stereocenters. The van der Waals surface area contributed by atoms with Gasteiger partial charge in [0.05, 0.1) is 10.6 Å². The minimum atomic E-state index is -3.26. The minimum absolute atomic E-state index is 0.00704. The van der Waals surface area contributed by atoms with Crippen LogP contribution in [-0.4, -0.2) is 48.6 Å². The molecule has 6 heteroatoms. The lowest BCUT2D eigenvalue weighted by atomic mass is 9.78. The van der Waals surface area contributed by atoms with Crippen molar-refractivity contribution in [2.75, 3.05) is 12.3 Å². The van der Waals surface area contributed by atoms with E-state index in [1.807, 2.05) is 4.90 Å². The number of benzene rings is 1. The highest BCUT2D eigenvalue weighted by molar-refractivity contribution is 7.91. The molecule has 5 nitrogen and oxygen atoms in total. The zero-order valence-electron chi connectivity index (χ0n) is 18.2. The topological polar surface area (TPSA) is 66.5 Å². The number of amides is 1. The second-order valence-electron chi connectivity index (χ2n) is 9.23. The number of piperidine rings is 1. The van der Waals surface area contributed by atoms with Gasteiger partial charge in [0, 0.05) is 29.2 Å². The first kappa shape index (κ1) is 22.9. The molecule has 0 bridgehead atoms. The Morgan fingerprint density at radius 3 is 2.07 bits per heavy atom. The summed E-state index contributed by atoms with van der Waals surface area (Å²) >= 11 is 0. The van der Waals surface area contributed by atoms with Crippen LogP contribution >= 0.6 is 0 Å². The fourth-order valence-corrected chi connectivity index (χ4v) is 5.29. The highest BCUT2D eigenvalue weighted by Gasteiger charge is 2.41. The number of nitrogens with one attached hydrogen (secondary N) is 1. The van der Waals surface area contributed by atoms with Gasteiger partial charge in [-0.2, -0.15) is 0 Å². The van der Waals surface area contributed by atoms with Crippen molar-refractivity contribution < 1.29 is 13.2 Å². The molecular formula is C22H36N2O3S. The molecule has 1 aliphatic rings. The molecule has 0 spiro atoms. The summed E-state index contributed by atoms with van der Waals surface area (Å²) in [5.41, 5.74) is 0.465. The van der Waals surface area contributed by atoms with Gasteiger partial charge in [-0.05, 0) is 71.2 Å². The number of carbonyl (C=O) groups excluding carboxylic acids is 1. The molecule has 1 N–H and O–H groups in total. The van der Waals surface area contributed by atoms with Crippen molar-refractivity contribution in [3.8, 4) is 0 Å². The molecule has 28 heavy (non-hydrogen) atoms. The maximum absolute atomic E-state index is 13.4. The van der Waals surface area contributed by atoms with E-state index in [9.17, 15) is 13.2 Å². The first-order valence-corrected chi connectivity index (χ1v) is 12.0. The van der Waals surface area contributed by atoms with Crippen LogP contribution in [0.15, 0.2) is 29.2 Å². The van der Waals surface area contributed by atoms with Crippen molar-refractivity contribution in [2.45, 2.75) is 89.2 Å². The summed E-state index contributed by atoms with van der Waals surface area (Å²) in [5, 5.41) is 3.68. The average Bonchev–Trinajstić information content (AvgIpc) is 2.59. The third-order valence-electron chi connectivity index (χ3n) is 5.46. The summed E-state index contributed by atoms with van der Waals surface area (Å²) in [5.74, 6) is 0.0507. The maximum Gasteiger partial charge on any atom is 0.254 e. The smallest absolute Gasteiger partial charge is 0.254 e. The first-order chi connectivity index (χ1) is 12.9. The van der Waals surface area contributed by atoms with E-state index in [0.29, 0.717) is 5.56 Å². The van der Waals surface area contributed by atoms with Crippen molar-refractivity contribution in [1.29, 1.82) is 0 Å². The Morgan fingerprint density at radius 2 is 1.61 bits per heavy atom. The minimum Gasteiger partial charge on any atom is -0.336 e. The molecule has 2 rings (SSSR count). The molecular weight excluding hydrogens is 372 g/mol. The zero-order chi connectivity index (χ0) is 21.2. The van der Waals surface area contributed by atoms with E-state index in [4.69, 9.17) is 0 Å². The molecule has 1 aliphatic heterocycles. The van der Waals surface area contributed by atoms with Crippen LogP contribution in [0.3, 0.4) is 0 Å². The molecule has 0 aromatic heterocycles. The lowest BCUT2D eigenvalue weighted by Crippen LogP contribution is -2.62. The molecule has 1 heterocycles. The monoisotopic (exact) mass is 408 g/mol. The molecule has 158 valence electrons. The quantitative estimate of drug-likeness (QED) is 0.740. The second kappa shape index (κ2) is 8.54. The summed E-state index contributed by atoms with van der Waals surface area (Å²) in [6.45, 7) is 13.2. The molecule has 0 saturated carbocycles. The number of sulfone groups is 1. The molecule has 0 radical (unpaired) electrons. The van der Waals surface area contributed by atoms with Gasteiger partial charge in [-0.15, -0.1) is 0 Å². The predicted molar refractivity (Wildman–Crippen MR) is 114 cm³/mol. The molecule has 0 atom stereocenters. The van der Waals surface area contributed by atoms with Gasteiger partial charge in [-0.1, -0.05) is 20.3 Å². The van der Waals surface area contributed by atoms with Gasteiger partial charge in [-0.3, -0.25) is 4.79 Å². The third-order valence-corrected chi connectivity index (χ3v) is 7.21. The summed E-state index contributed by atoms with van der Waals surface area (Å²) in [6, 6.07) is 6.58. The fraction of sp³-hybridized carbons (Fsp3) is 0.682. The molecule has 1 fully saturated rings. The number of hydrogen-bond acceptors (Lipinski definition) is 4. The van der Waals surface area contributed by atoms with E-state index in [1.165, 1.54) is 0 Å². The van der Waals surface area contributed by atoms with E-state index in [1.54, 1.807) is 31.2 Å². The van der Waals surface area contributed by atoms with Crippen LogP contribution in [0, 0.1) is 0 Å². The lowest BCUT2D eigenvalue weighted by molar-refractivity contribution is 0.0441. The van der Waals surface area contributed by atoms with Gasteiger partial charge in [-0.25, -0.2) is 8.42 Å². The standard InChI is InChI=1S/C22H36N2O3S/c1-7-9-14-24(18-15-21(3,4)23-22(5,6)16-18)20(25)17-10-12-19(13-11-17)28(26,27)8-2/h10-13,18,23H,7-9,14-16H2,1-6H3. The lowest BCUT2D eigenvalue weighted by Gasteiger charge is -2.49. The van der Waals surface area contributed by atoms with Gasteiger partial charge >= 0.3 is 0 Å². The van der Waals surface area contributed by atoms with Crippen molar-refractivity contribution in [3.63, 3.8) is 0 Å². The zero-order valence-corrected chi connectivity index (χ0v) is 19.0. The maximum atomic E-state index is 13.4. The van der Waals surface area contributed by atoms with Crippen LogP contribution < -0.4 is 5.32 Å². The van der Waals surface area contributed by atoms with Gasteiger partial charge in [0.2, 0.25) is 0 Å². The van der Waals surface area contributed by atoms with Crippen LogP contribution in [0.1, 0.15) is 77.6 Å². The largest absolute Gasteiger partial charge is 0.336 e. The highest BCUT2D eigenvalue weighted by atomic mass is 32.2. The van der Waals surface area contributed by atoms with Crippen molar-refractivity contribution in [1.82, 2.24) is 10.2 Å². The van der Waals surface area contributed by atoms with Crippen LogP contribution in [0.2, 0.25) is 0 Å². The Bertz CT molecular complexity index is 767. The number of unbranched alkanes of at least 4 members (excludes halogenated alkanes) is 1. The Balaban J connectivity index is 2.31. The Labute approximate surface area is 170 Å². The van der Waals surface area contributed by atoms with Gasteiger partial charge < -0.3 is 10.2 Å². The Morgan fingerprint density at radius 1 is 1.07 bits per heavy atom. The second-order valence-corrected chi connectivity index (χ2v) is 11.5. The normalized spacial score (nSPS) is 19.4. The third kappa shape index (κ3) is 5.57. The van der Waals surface area contributed by atoms with E-state index in [-0.39, 0.29) is 33.7 Å². The highest BCUT2D eigenvalue weighted by Crippen LogP contribution is 2.32. The number of rotatable bonds is 7. The van der Waals surface area contributed by atoms with Crippen LogP contribution in [0.25, 0.3) is 0 Å². The van der Waals surface area contributed by atoms with Crippen LogP contribution in [-0.2, 0) is 9.84 Å². The van der Waals surface area contributed by atoms with Crippen LogP contribution in [0.5, 0.6) is 0 Å². The SMILES string of the molecule is CCCCN(C(=O)c1ccc(S(=O)(=O)CC)cc1)C1CC(C)(C)NC(C)(C)C1. The molecule has 1 saturated heterocycles. The van der Waals surface area contributed by atoms with Crippen LogP contribution in [0.4, 0.5) is 0 Å². The summed E-state index contributed by atoms with van der Waals surface area (Å²) < 4.78 is 24.1. The molecule has 1 amide bonds. The Hall–Kier alpha value is -1.40.